The molecule has 0 saturated heterocycles. The van der Waals surface area contributed by atoms with Crippen molar-refractivity contribution in [2.24, 2.45) is 0 Å². The Morgan fingerprint density at radius 2 is 2.00 bits per heavy atom. The summed E-state index contributed by atoms with van der Waals surface area (Å²) in [4.78, 5) is 23.6. The van der Waals surface area contributed by atoms with Crippen molar-refractivity contribution in [3.05, 3.63) is 71.2 Å². The van der Waals surface area contributed by atoms with Gasteiger partial charge in [-0.3, -0.25) is 0 Å². The van der Waals surface area contributed by atoms with Crippen molar-refractivity contribution in [3.8, 4) is 22.8 Å². The Bertz CT molecular complexity index is 1150. The molecule has 1 heterocycles. The minimum Gasteiger partial charge on any atom is -0.507 e. The minimum absolute atomic E-state index is 0.0527. The van der Waals surface area contributed by atoms with Crippen LogP contribution in [0.1, 0.15) is 33.3 Å². The summed E-state index contributed by atoms with van der Waals surface area (Å²) in [5, 5.41) is 13.5. The molecule has 0 fully saturated rings. The third-order valence-corrected chi connectivity index (χ3v) is 4.29. The van der Waals surface area contributed by atoms with Gasteiger partial charge in [0.25, 0.3) is 0 Å². The molecule has 2 aromatic carbocycles. The van der Waals surface area contributed by atoms with Gasteiger partial charge in [0.2, 0.25) is 0 Å². The van der Waals surface area contributed by atoms with Crippen LogP contribution < -0.4 is 4.74 Å². The Labute approximate surface area is 182 Å². The normalized spacial score (nSPS) is 10.8. The quantitative estimate of drug-likeness (QED) is 0.517. The Kier molecular flexibility index (Phi) is 7.22. The van der Waals surface area contributed by atoms with Gasteiger partial charge < -0.3 is 23.8 Å². The zero-order valence-corrected chi connectivity index (χ0v) is 17.3. The fourth-order valence-corrected chi connectivity index (χ4v) is 2.81. The van der Waals surface area contributed by atoms with E-state index >= 15 is 0 Å². The molecule has 0 aliphatic heterocycles. The van der Waals surface area contributed by atoms with E-state index in [0.717, 1.165) is 0 Å². The van der Waals surface area contributed by atoms with Gasteiger partial charge in [-0.25, -0.2) is 14.0 Å². The second-order valence-corrected chi connectivity index (χ2v) is 6.39. The molecule has 0 aliphatic carbocycles. The molecule has 32 heavy (non-hydrogen) atoms. The van der Waals surface area contributed by atoms with Gasteiger partial charge in [0.15, 0.2) is 11.5 Å². The molecule has 9 heteroatoms. The van der Waals surface area contributed by atoms with Crippen molar-refractivity contribution < 1.29 is 37.8 Å². The largest absolute Gasteiger partial charge is 0.507 e. The number of methoxy groups -OCH3 is 1. The smallest absolute Gasteiger partial charge is 0.360 e. The number of aromatic hydroxyl groups is 1. The molecule has 0 saturated carbocycles. The minimum atomic E-state index is -0.723. The highest BCUT2D eigenvalue weighted by Crippen LogP contribution is 2.28. The lowest BCUT2D eigenvalue weighted by Gasteiger charge is -2.10. The molecule has 166 valence electrons. The molecule has 1 N–H and O–H groups in total. The van der Waals surface area contributed by atoms with Crippen molar-refractivity contribution in [2.75, 3.05) is 20.3 Å². The zero-order chi connectivity index (χ0) is 23.1. The van der Waals surface area contributed by atoms with E-state index in [1.54, 1.807) is 25.1 Å². The fourth-order valence-electron chi connectivity index (χ4n) is 2.81. The predicted molar refractivity (Wildman–Crippen MR) is 112 cm³/mol. The number of esters is 2. The zero-order valence-electron chi connectivity index (χ0n) is 17.3. The standard InChI is InChI=1S/C23H20FNO7/c1-3-30-22(27)17-13-20(32-25-17)15-12-14(9-10-16(15)24)6-5-11-31-19-8-4-7-18(26)21(19)23(28)29-2/h4-10,12-13,26H,3,11H2,1-2H3/b6-5+. The van der Waals surface area contributed by atoms with Crippen LogP contribution in [-0.4, -0.2) is 42.5 Å². The van der Waals surface area contributed by atoms with E-state index in [-0.39, 0.29) is 47.3 Å². The molecule has 1 aromatic heterocycles. The molecule has 0 amide bonds. The number of halogens is 1. The lowest BCUT2D eigenvalue weighted by Crippen LogP contribution is -2.06. The van der Waals surface area contributed by atoms with Crippen LogP contribution in [0.15, 0.2) is 53.1 Å². The summed E-state index contributed by atoms with van der Waals surface area (Å²) in [6.45, 7) is 1.91. The number of phenolic OH excluding ortho intramolecular Hbond substituents is 1. The van der Waals surface area contributed by atoms with E-state index < -0.39 is 17.8 Å². The summed E-state index contributed by atoms with van der Waals surface area (Å²) in [5.41, 5.74) is 0.624. The number of ether oxygens (including phenoxy) is 3. The van der Waals surface area contributed by atoms with Crippen LogP contribution in [0.5, 0.6) is 11.5 Å². The molecule has 8 nitrogen and oxygen atoms in total. The highest BCUT2D eigenvalue weighted by atomic mass is 19.1. The fraction of sp³-hybridized carbons (Fsp3) is 0.174. The Balaban J connectivity index is 1.73. The molecular weight excluding hydrogens is 421 g/mol. The van der Waals surface area contributed by atoms with Crippen LogP contribution in [0.3, 0.4) is 0 Å². The number of nitrogens with zero attached hydrogens (tertiary/aromatic N) is 1. The SMILES string of the molecule is CCOC(=O)c1cc(-c2cc(/C=C/COc3cccc(O)c3C(=O)OC)ccc2F)on1. The average molecular weight is 441 g/mol. The monoisotopic (exact) mass is 441 g/mol. The number of hydrogen-bond donors (Lipinski definition) is 1. The second-order valence-electron chi connectivity index (χ2n) is 6.39. The van der Waals surface area contributed by atoms with E-state index in [2.05, 4.69) is 9.89 Å². The predicted octanol–water partition coefficient (Wildman–Crippen LogP) is 4.24. The van der Waals surface area contributed by atoms with Gasteiger partial charge in [-0.15, -0.1) is 0 Å². The molecule has 0 spiro atoms. The van der Waals surface area contributed by atoms with E-state index in [0.29, 0.717) is 5.56 Å². The highest BCUT2D eigenvalue weighted by molar-refractivity contribution is 5.95. The van der Waals surface area contributed by atoms with E-state index in [9.17, 15) is 19.1 Å². The summed E-state index contributed by atoms with van der Waals surface area (Å²) in [7, 11) is 1.20. The number of hydrogen-bond acceptors (Lipinski definition) is 8. The maximum Gasteiger partial charge on any atom is 0.360 e. The van der Waals surface area contributed by atoms with Gasteiger partial charge in [0.05, 0.1) is 19.3 Å². The summed E-state index contributed by atoms with van der Waals surface area (Å²) < 4.78 is 34.4. The Morgan fingerprint density at radius 1 is 1.19 bits per heavy atom. The van der Waals surface area contributed by atoms with Crippen LogP contribution in [-0.2, 0) is 9.47 Å². The maximum atomic E-state index is 14.3. The summed E-state index contributed by atoms with van der Waals surface area (Å²) in [6.07, 6.45) is 3.32. The number of rotatable bonds is 8. The lowest BCUT2D eigenvalue weighted by atomic mass is 10.1. The maximum absolute atomic E-state index is 14.3. The number of carbonyl (C=O) groups excluding carboxylic acids is 2. The topological polar surface area (TPSA) is 108 Å². The second kappa shape index (κ2) is 10.3. The Morgan fingerprint density at radius 3 is 2.75 bits per heavy atom. The van der Waals surface area contributed by atoms with Crippen LogP contribution >= 0.6 is 0 Å². The molecule has 0 aliphatic rings. The van der Waals surface area contributed by atoms with Crippen LogP contribution in [0, 0.1) is 5.82 Å². The van der Waals surface area contributed by atoms with Gasteiger partial charge in [0, 0.05) is 6.07 Å². The van der Waals surface area contributed by atoms with Gasteiger partial charge in [-0.2, -0.15) is 0 Å². The van der Waals surface area contributed by atoms with Crippen LogP contribution in [0.25, 0.3) is 17.4 Å². The van der Waals surface area contributed by atoms with Crippen molar-refractivity contribution in [1.82, 2.24) is 5.16 Å². The van der Waals surface area contributed by atoms with Crippen molar-refractivity contribution in [1.29, 1.82) is 0 Å². The molecule has 0 atom stereocenters. The van der Waals surface area contributed by atoms with Gasteiger partial charge >= 0.3 is 11.9 Å². The van der Waals surface area contributed by atoms with E-state index in [1.165, 1.54) is 43.5 Å². The molecule has 3 aromatic rings. The van der Waals surface area contributed by atoms with Crippen molar-refractivity contribution in [3.63, 3.8) is 0 Å². The van der Waals surface area contributed by atoms with E-state index in [4.69, 9.17) is 14.0 Å². The lowest BCUT2D eigenvalue weighted by molar-refractivity contribution is 0.0513. The molecule has 0 bridgehead atoms. The van der Waals surface area contributed by atoms with Gasteiger partial charge in [-0.05, 0) is 42.8 Å². The third kappa shape index (κ3) is 5.12. The number of carbonyl (C=O) groups is 2. The summed E-state index contributed by atoms with van der Waals surface area (Å²) in [6, 6.07) is 10.1. The van der Waals surface area contributed by atoms with Crippen LogP contribution in [0.2, 0.25) is 0 Å². The van der Waals surface area contributed by atoms with Crippen molar-refractivity contribution >= 4 is 18.0 Å². The molecular formula is C23H20FNO7. The number of benzene rings is 2. The summed E-state index contributed by atoms with van der Waals surface area (Å²) >= 11 is 0. The first-order chi connectivity index (χ1) is 15.4. The Hall–Kier alpha value is -4.14. The highest BCUT2D eigenvalue weighted by Gasteiger charge is 2.18. The van der Waals surface area contributed by atoms with Gasteiger partial charge in [0.1, 0.15) is 29.5 Å². The van der Waals surface area contributed by atoms with Crippen LogP contribution in [0.4, 0.5) is 4.39 Å². The summed E-state index contributed by atoms with van der Waals surface area (Å²) in [5.74, 6) is -1.94. The molecule has 0 unspecified atom stereocenters. The van der Waals surface area contributed by atoms with Gasteiger partial charge in [-0.1, -0.05) is 23.4 Å². The first-order valence-corrected chi connectivity index (χ1v) is 9.58. The first-order valence-electron chi connectivity index (χ1n) is 9.58. The third-order valence-electron chi connectivity index (χ3n) is 4.29. The number of aromatic nitrogens is 1. The molecule has 0 radical (unpaired) electrons. The molecule has 3 rings (SSSR count). The first kappa shape index (κ1) is 22.5. The van der Waals surface area contributed by atoms with Crippen molar-refractivity contribution in [2.45, 2.75) is 6.92 Å². The van der Waals surface area contributed by atoms with E-state index in [1.807, 2.05) is 0 Å². The number of phenols is 1. The average Bonchev–Trinajstić information content (AvgIpc) is 3.28.